The minimum absolute atomic E-state index is 0.481. The summed E-state index contributed by atoms with van der Waals surface area (Å²) in [4.78, 5) is 8.59. The lowest BCUT2D eigenvalue weighted by molar-refractivity contribution is 0.393. The highest BCUT2D eigenvalue weighted by atomic mass is 31.1. The van der Waals surface area contributed by atoms with E-state index in [1.807, 2.05) is 0 Å². The van der Waals surface area contributed by atoms with Crippen molar-refractivity contribution in [3.63, 3.8) is 0 Å². The molecule has 0 radical (unpaired) electrons. The number of nitrogens with one attached hydrogen (secondary N) is 1. The van der Waals surface area contributed by atoms with Gasteiger partial charge in [0.1, 0.15) is 0 Å². The summed E-state index contributed by atoms with van der Waals surface area (Å²) in [5.74, 6) is 0.481. The Morgan fingerprint density at radius 1 is 1.50 bits per heavy atom. The molecule has 3 nitrogen and oxygen atoms in total. The minimum Gasteiger partial charge on any atom is -0.317 e. The van der Waals surface area contributed by atoms with Crippen LogP contribution in [0.5, 0.6) is 0 Å². The Balaban J connectivity index is 2.19. The Morgan fingerprint density at radius 2 is 2.10 bits per heavy atom. The van der Waals surface area contributed by atoms with E-state index >= 15 is 0 Å². The standard InChI is InChI=1S/C6H12NO2P/c8-10(9)5-6-1-3-7-4-2-6/h6-7H,1-5H2/p+1. The molecule has 4 heteroatoms. The number of piperidine rings is 1. The molecule has 0 saturated carbocycles. The van der Waals surface area contributed by atoms with E-state index in [0.717, 1.165) is 25.9 Å². The van der Waals surface area contributed by atoms with Gasteiger partial charge in [0.05, 0.1) is 0 Å². The molecule has 0 aromatic rings. The average molecular weight is 162 g/mol. The van der Waals surface area contributed by atoms with E-state index in [9.17, 15) is 4.57 Å². The predicted octanol–water partition coefficient (Wildman–Crippen LogP) is 0.721. The molecular formula is C6H13NO2P+. The zero-order valence-electron chi connectivity index (χ0n) is 5.92. The first-order valence-corrected chi connectivity index (χ1v) is 5.03. The van der Waals surface area contributed by atoms with Gasteiger partial charge >= 0.3 is 8.03 Å². The van der Waals surface area contributed by atoms with Crippen molar-refractivity contribution in [2.75, 3.05) is 19.3 Å². The van der Waals surface area contributed by atoms with Gasteiger partial charge in [0.2, 0.25) is 0 Å². The third-order valence-corrected chi connectivity index (χ3v) is 2.70. The van der Waals surface area contributed by atoms with Gasteiger partial charge in [-0.1, -0.05) is 0 Å². The number of hydrogen-bond donors (Lipinski definition) is 2. The van der Waals surface area contributed by atoms with E-state index in [0.29, 0.717) is 12.1 Å². The lowest BCUT2D eigenvalue weighted by Crippen LogP contribution is -2.28. The van der Waals surface area contributed by atoms with E-state index in [4.69, 9.17) is 4.89 Å². The Labute approximate surface area is 61.7 Å². The highest BCUT2D eigenvalue weighted by Gasteiger charge is 2.22. The summed E-state index contributed by atoms with van der Waals surface area (Å²) in [7, 11) is -1.90. The molecule has 1 aliphatic rings. The maximum absolute atomic E-state index is 10.4. The van der Waals surface area contributed by atoms with Crippen LogP contribution in [0.25, 0.3) is 0 Å². The molecule has 1 fully saturated rings. The second-order valence-corrected chi connectivity index (χ2v) is 3.80. The van der Waals surface area contributed by atoms with Crippen LogP contribution in [0.1, 0.15) is 12.8 Å². The summed E-state index contributed by atoms with van der Waals surface area (Å²) in [6.45, 7) is 2.02. The fourth-order valence-corrected chi connectivity index (χ4v) is 2.09. The van der Waals surface area contributed by atoms with Crippen LogP contribution in [-0.2, 0) is 4.57 Å². The van der Waals surface area contributed by atoms with Crippen LogP contribution in [0.3, 0.4) is 0 Å². The van der Waals surface area contributed by atoms with Crippen LogP contribution in [0.2, 0.25) is 0 Å². The summed E-state index contributed by atoms with van der Waals surface area (Å²) < 4.78 is 10.4. The van der Waals surface area contributed by atoms with Crippen LogP contribution in [0, 0.1) is 5.92 Å². The van der Waals surface area contributed by atoms with Crippen molar-refractivity contribution >= 4 is 8.03 Å². The third kappa shape index (κ3) is 2.74. The Bertz CT molecular complexity index is 123. The quantitative estimate of drug-likeness (QED) is 0.588. The maximum atomic E-state index is 10.4. The minimum atomic E-state index is -1.90. The van der Waals surface area contributed by atoms with Crippen LogP contribution in [0.4, 0.5) is 0 Å². The zero-order valence-corrected chi connectivity index (χ0v) is 6.81. The zero-order chi connectivity index (χ0) is 7.40. The van der Waals surface area contributed by atoms with Gasteiger partial charge in [-0.15, -0.1) is 0 Å². The van der Waals surface area contributed by atoms with Crippen LogP contribution < -0.4 is 5.32 Å². The highest BCUT2D eigenvalue weighted by molar-refractivity contribution is 7.38. The summed E-state index contributed by atoms with van der Waals surface area (Å²) >= 11 is 0. The van der Waals surface area contributed by atoms with Crippen LogP contribution >= 0.6 is 8.03 Å². The largest absolute Gasteiger partial charge is 0.505 e. The van der Waals surface area contributed by atoms with Gasteiger partial charge in [0.15, 0.2) is 6.16 Å². The lowest BCUT2D eigenvalue weighted by atomic mass is 10.0. The van der Waals surface area contributed by atoms with Gasteiger partial charge in [-0.3, -0.25) is 0 Å². The molecule has 1 unspecified atom stereocenters. The van der Waals surface area contributed by atoms with Crippen LogP contribution in [-0.4, -0.2) is 24.1 Å². The first-order chi connectivity index (χ1) is 4.79. The Hall–Kier alpha value is 0.0200. The molecule has 0 bridgehead atoms. The second-order valence-electron chi connectivity index (χ2n) is 2.73. The molecule has 0 amide bonds. The average Bonchev–Trinajstić information content (AvgIpc) is 1.88. The summed E-state index contributed by atoms with van der Waals surface area (Å²) in [5, 5.41) is 3.21. The monoisotopic (exact) mass is 162 g/mol. The summed E-state index contributed by atoms with van der Waals surface area (Å²) in [5.41, 5.74) is 0. The van der Waals surface area contributed by atoms with Crippen LogP contribution in [0.15, 0.2) is 0 Å². The van der Waals surface area contributed by atoms with Gasteiger partial charge in [-0.05, 0) is 30.5 Å². The summed E-state index contributed by atoms with van der Waals surface area (Å²) in [6.07, 6.45) is 2.61. The highest BCUT2D eigenvalue weighted by Crippen LogP contribution is 2.23. The fourth-order valence-electron chi connectivity index (χ4n) is 1.29. The molecule has 10 heavy (non-hydrogen) atoms. The predicted molar refractivity (Wildman–Crippen MR) is 40.3 cm³/mol. The third-order valence-electron chi connectivity index (χ3n) is 1.87. The van der Waals surface area contributed by atoms with E-state index in [1.54, 1.807) is 0 Å². The lowest BCUT2D eigenvalue weighted by Gasteiger charge is -2.17. The first kappa shape index (κ1) is 8.12. The molecule has 1 rings (SSSR count). The van der Waals surface area contributed by atoms with Gasteiger partial charge in [0, 0.05) is 5.92 Å². The van der Waals surface area contributed by atoms with Gasteiger partial charge in [-0.2, -0.15) is 4.89 Å². The SMILES string of the molecule is O=[P+](O)CC1CCNCC1. The van der Waals surface area contributed by atoms with Crippen molar-refractivity contribution in [1.29, 1.82) is 0 Å². The maximum Gasteiger partial charge on any atom is 0.505 e. The molecular weight excluding hydrogens is 149 g/mol. The second kappa shape index (κ2) is 4.02. The van der Waals surface area contributed by atoms with Crippen molar-refractivity contribution in [2.24, 2.45) is 5.92 Å². The van der Waals surface area contributed by atoms with Crippen molar-refractivity contribution in [3.05, 3.63) is 0 Å². The number of hydrogen-bond acceptors (Lipinski definition) is 2. The molecule has 1 atom stereocenters. The van der Waals surface area contributed by atoms with E-state index in [-0.39, 0.29) is 0 Å². The molecule has 0 aromatic heterocycles. The molecule has 1 saturated heterocycles. The molecule has 58 valence electrons. The van der Waals surface area contributed by atoms with Crippen molar-refractivity contribution in [3.8, 4) is 0 Å². The smallest absolute Gasteiger partial charge is 0.317 e. The molecule has 0 aromatic carbocycles. The number of rotatable bonds is 2. The topological polar surface area (TPSA) is 49.3 Å². The Morgan fingerprint density at radius 3 is 2.60 bits per heavy atom. The molecule has 0 aliphatic carbocycles. The Kier molecular flexibility index (Phi) is 3.26. The van der Waals surface area contributed by atoms with E-state index < -0.39 is 8.03 Å². The van der Waals surface area contributed by atoms with Gasteiger partial charge in [0.25, 0.3) is 0 Å². The first-order valence-electron chi connectivity index (χ1n) is 3.63. The summed E-state index contributed by atoms with van der Waals surface area (Å²) in [6, 6.07) is 0. The van der Waals surface area contributed by atoms with E-state index in [2.05, 4.69) is 5.32 Å². The molecule has 0 spiro atoms. The fraction of sp³-hybridized carbons (Fsp3) is 1.00. The van der Waals surface area contributed by atoms with E-state index in [1.165, 1.54) is 0 Å². The van der Waals surface area contributed by atoms with Crippen molar-refractivity contribution in [1.82, 2.24) is 5.32 Å². The van der Waals surface area contributed by atoms with Crippen molar-refractivity contribution < 1.29 is 9.46 Å². The van der Waals surface area contributed by atoms with Gasteiger partial charge < -0.3 is 5.32 Å². The molecule has 2 N–H and O–H groups in total. The van der Waals surface area contributed by atoms with Crippen molar-refractivity contribution in [2.45, 2.75) is 12.8 Å². The molecule has 1 heterocycles. The van der Waals surface area contributed by atoms with Gasteiger partial charge in [-0.25, -0.2) is 0 Å². The molecule has 1 aliphatic heterocycles. The normalized spacial score (nSPS) is 22.7.